The molecule has 3 aromatic carbocycles. The van der Waals surface area contributed by atoms with Crippen molar-refractivity contribution in [1.82, 2.24) is 30.6 Å². The smallest absolute Gasteiger partial charge is 0.151 e. The van der Waals surface area contributed by atoms with Crippen molar-refractivity contribution in [2.45, 2.75) is 107 Å². The molecule has 4 aliphatic heterocycles. The number of nitrogens with zero attached hydrogens (tertiary/aromatic N) is 4. The zero-order valence-electron chi connectivity index (χ0n) is 29.0. The molecule has 10 heteroatoms. The molecule has 11 rings (SSSR count). The number of halogens is 2. The fraction of sp³-hybridized carbons (Fsp3) is 0.512. The number of aromatic nitrogens is 4. The summed E-state index contributed by atoms with van der Waals surface area (Å²) in [6.45, 7) is 1.38. The van der Waals surface area contributed by atoms with Gasteiger partial charge in [-0.3, -0.25) is 0 Å². The van der Waals surface area contributed by atoms with Crippen molar-refractivity contribution in [1.29, 1.82) is 0 Å². The Labute approximate surface area is 296 Å². The Hall–Kier alpha value is -4.02. The molecule has 6 heterocycles. The Kier molecular flexibility index (Phi) is 7.05. The van der Waals surface area contributed by atoms with Gasteiger partial charge in [0, 0.05) is 30.9 Å². The third kappa shape index (κ3) is 5.03. The van der Waals surface area contributed by atoms with Crippen molar-refractivity contribution in [3.05, 3.63) is 82.9 Å². The summed E-state index contributed by atoms with van der Waals surface area (Å²) in [6, 6.07) is 17.9. The third-order valence-corrected chi connectivity index (χ3v) is 13.5. The van der Waals surface area contributed by atoms with E-state index in [1.807, 2.05) is 4.90 Å². The first-order valence-electron chi connectivity index (χ1n) is 19.6. The van der Waals surface area contributed by atoms with Crippen LogP contribution in [0.2, 0.25) is 0 Å². The van der Waals surface area contributed by atoms with E-state index in [4.69, 9.17) is 9.97 Å². The van der Waals surface area contributed by atoms with Crippen molar-refractivity contribution in [3.63, 3.8) is 0 Å². The van der Waals surface area contributed by atoms with E-state index in [0.717, 1.165) is 76.9 Å². The first-order chi connectivity index (χ1) is 25.0. The zero-order chi connectivity index (χ0) is 33.8. The summed E-state index contributed by atoms with van der Waals surface area (Å²) in [7, 11) is 0. The topological polar surface area (TPSA) is 87.9 Å². The van der Waals surface area contributed by atoms with E-state index in [9.17, 15) is 0 Å². The minimum Gasteiger partial charge on any atom is -0.367 e. The van der Waals surface area contributed by atoms with Crippen LogP contribution in [0.25, 0.3) is 22.1 Å². The molecule has 2 saturated carbocycles. The molecule has 6 fully saturated rings. The van der Waals surface area contributed by atoms with Crippen LogP contribution in [0.15, 0.2) is 48.5 Å². The fourth-order valence-electron chi connectivity index (χ4n) is 11.1. The van der Waals surface area contributed by atoms with Gasteiger partial charge in [0.15, 0.2) is 11.6 Å². The minimum atomic E-state index is -0.477. The number of H-pyrrole nitrogens is 2. The van der Waals surface area contributed by atoms with E-state index in [2.05, 4.69) is 61.9 Å². The molecule has 51 heavy (non-hydrogen) atoms. The highest BCUT2D eigenvalue weighted by molar-refractivity contribution is 5.78. The SMILES string of the molecule is Fc1cc(N2[C@@H](c3ccc4nc([C@H]5NC6CCC5C6)[nH]c4c3)CC[C@H]2c2ccc3nc([C@H]4NC5CCC4C5)[nH]c3c2)cc(F)c1N1CCCCC1. The Balaban J connectivity index is 0.965. The van der Waals surface area contributed by atoms with Gasteiger partial charge in [0.2, 0.25) is 0 Å². The summed E-state index contributed by atoms with van der Waals surface area (Å²) >= 11 is 0. The summed E-state index contributed by atoms with van der Waals surface area (Å²) in [6.07, 6.45) is 12.3. The summed E-state index contributed by atoms with van der Waals surface area (Å²) in [5, 5.41) is 7.56. The highest BCUT2D eigenvalue weighted by atomic mass is 19.1. The van der Waals surface area contributed by atoms with Gasteiger partial charge in [0.1, 0.15) is 17.3 Å². The van der Waals surface area contributed by atoms with Gasteiger partial charge in [0.05, 0.1) is 46.2 Å². The quantitative estimate of drug-likeness (QED) is 0.143. The lowest BCUT2D eigenvalue weighted by molar-refractivity contribution is 0.380. The largest absolute Gasteiger partial charge is 0.367 e. The van der Waals surface area contributed by atoms with Crippen LogP contribution in [0.5, 0.6) is 0 Å². The lowest BCUT2D eigenvalue weighted by Crippen LogP contribution is -2.31. The van der Waals surface area contributed by atoms with E-state index in [0.29, 0.717) is 42.7 Å². The molecule has 5 aromatic rings. The summed E-state index contributed by atoms with van der Waals surface area (Å²) in [4.78, 5) is 21.5. The van der Waals surface area contributed by atoms with Crippen LogP contribution in [0.3, 0.4) is 0 Å². The number of fused-ring (bicyclic) bond motifs is 6. The van der Waals surface area contributed by atoms with Crippen LogP contribution in [0.4, 0.5) is 20.2 Å². The van der Waals surface area contributed by atoms with Gasteiger partial charge >= 0.3 is 0 Å². The maximum absolute atomic E-state index is 16.1. The monoisotopic (exact) mass is 688 g/mol. The second-order valence-electron chi connectivity index (χ2n) is 16.4. The molecule has 4 saturated heterocycles. The Morgan fingerprint density at radius 1 is 0.608 bits per heavy atom. The molecule has 8 nitrogen and oxygen atoms in total. The molecule has 4 unspecified atom stereocenters. The van der Waals surface area contributed by atoms with Gasteiger partial charge in [0.25, 0.3) is 0 Å². The predicted molar refractivity (Wildman–Crippen MR) is 196 cm³/mol. The number of hydrogen-bond acceptors (Lipinski definition) is 6. The maximum Gasteiger partial charge on any atom is 0.151 e. The molecule has 0 amide bonds. The second-order valence-corrected chi connectivity index (χ2v) is 16.4. The number of aromatic amines is 2. The van der Waals surface area contributed by atoms with Gasteiger partial charge < -0.3 is 30.4 Å². The van der Waals surface area contributed by atoms with Crippen molar-refractivity contribution >= 4 is 33.4 Å². The number of rotatable bonds is 6. The molecule has 0 spiro atoms. The molecule has 2 aromatic heterocycles. The maximum atomic E-state index is 16.1. The number of nitrogens with one attached hydrogen (secondary N) is 4. The Morgan fingerprint density at radius 2 is 1.14 bits per heavy atom. The van der Waals surface area contributed by atoms with Crippen molar-refractivity contribution in [2.24, 2.45) is 11.8 Å². The summed E-state index contributed by atoms with van der Waals surface area (Å²) in [5.74, 6) is 2.39. The first kappa shape index (κ1) is 30.6. The molecule has 2 aliphatic carbocycles. The average molecular weight is 689 g/mol. The number of imidazole rings is 2. The molecule has 264 valence electrons. The van der Waals surface area contributed by atoms with E-state index >= 15 is 8.78 Å². The van der Waals surface area contributed by atoms with Crippen molar-refractivity contribution in [3.8, 4) is 0 Å². The molecular formula is C41H46F2N8. The first-order valence-corrected chi connectivity index (χ1v) is 19.6. The molecule has 4 bridgehead atoms. The van der Waals surface area contributed by atoms with E-state index < -0.39 is 11.6 Å². The molecule has 8 atom stereocenters. The normalized spacial score (nSPS) is 31.6. The number of anilines is 2. The van der Waals surface area contributed by atoms with Gasteiger partial charge in [-0.1, -0.05) is 12.1 Å². The van der Waals surface area contributed by atoms with Crippen LogP contribution in [0, 0.1) is 23.5 Å². The standard InChI is InChI=1S/C41H46F2N8/c42-29-20-28(21-30(43)39(29)50-14-2-1-3-15-50)51-35(22-6-10-31-33(18-22)48-40(46-31)37-24-4-8-26(16-24)44-37)12-13-36(51)23-7-11-32-34(19-23)49-41(47-32)38-25-5-9-27(17-25)45-38/h6-7,10-11,18-21,24-27,35-38,44-45H,1-5,8-9,12-17H2,(H,46,48)(H,47,49)/t24?,25?,26?,27?,35-,36+,37-,38-/m0/s1. The highest BCUT2D eigenvalue weighted by Gasteiger charge is 2.43. The minimum absolute atomic E-state index is 0.0577. The van der Waals surface area contributed by atoms with Gasteiger partial charge in [-0.05, 0) is 130 Å². The number of piperidine rings is 3. The number of benzene rings is 3. The molecule has 0 radical (unpaired) electrons. The lowest BCUT2D eigenvalue weighted by Gasteiger charge is -2.35. The van der Waals surface area contributed by atoms with Crippen molar-refractivity contribution in [2.75, 3.05) is 22.9 Å². The summed E-state index contributed by atoms with van der Waals surface area (Å²) in [5.41, 5.74) is 6.95. The van der Waals surface area contributed by atoms with Gasteiger partial charge in [-0.25, -0.2) is 18.7 Å². The average Bonchev–Trinajstić information content (AvgIpc) is 4.01. The van der Waals surface area contributed by atoms with Crippen LogP contribution in [-0.2, 0) is 0 Å². The zero-order valence-corrected chi connectivity index (χ0v) is 29.0. The predicted octanol–water partition coefficient (Wildman–Crippen LogP) is 8.42. The Bertz CT molecular complexity index is 2000. The lowest BCUT2D eigenvalue weighted by atomic mass is 10.00. The van der Waals surface area contributed by atoms with Crippen LogP contribution in [0.1, 0.15) is 118 Å². The fourth-order valence-corrected chi connectivity index (χ4v) is 11.1. The highest BCUT2D eigenvalue weighted by Crippen LogP contribution is 2.49. The molecule has 6 aliphatic rings. The van der Waals surface area contributed by atoms with E-state index in [-0.39, 0.29) is 29.9 Å². The van der Waals surface area contributed by atoms with Gasteiger partial charge in [-0.2, -0.15) is 0 Å². The van der Waals surface area contributed by atoms with Crippen LogP contribution < -0.4 is 20.4 Å². The third-order valence-electron chi connectivity index (χ3n) is 13.5. The van der Waals surface area contributed by atoms with E-state index in [1.54, 1.807) is 12.1 Å². The van der Waals surface area contributed by atoms with Crippen LogP contribution >= 0.6 is 0 Å². The number of hydrogen-bond donors (Lipinski definition) is 4. The van der Waals surface area contributed by atoms with E-state index in [1.165, 1.54) is 38.5 Å². The second kappa shape index (κ2) is 11.7. The molecular weight excluding hydrogens is 643 g/mol. The summed E-state index contributed by atoms with van der Waals surface area (Å²) < 4.78 is 32.2. The van der Waals surface area contributed by atoms with Gasteiger partial charge in [-0.15, -0.1) is 0 Å². The van der Waals surface area contributed by atoms with Crippen molar-refractivity contribution < 1.29 is 8.78 Å². The molecule has 4 N–H and O–H groups in total. The Morgan fingerprint density at radius 3 is 1.61 bits per heavy atom. The van der Waals surface area contributed by atoms with Crippen LogP contribution in [-0.4, -0.2) is 45.1 Å².